The number of aromatic hydroxyl groups is 1. The maximum absolute atomic E-state index is 12.4. The monoisotopic (exact) mass is 378 g/mol. The molecule has 0 atom stereocenters. The van der Waals surface area contributed by atoms with E-state index in [1.54, 1.807) is 30.7 Å². The van der Waals surface area contributed by atoms with Crippen molar-refractivity contribution < 1.29 is 24.2 Å². The highest BCUT2D eigenvalue weighted by atomic mass is 32.2. The molecule has 0 aliphatic rings. The maximum Gasteiger partial charge on any atom is 0.346 e. The van der Waals surface area contributed by atoms with Crippen LogP contribution in [0.25, 0.3) is 10.6 Å². The first-order valence-electron chi connectivity index (χ1n) is 8.16. The fourth-order valence-corrected chi connectivity index (χ4v) is 3.43. The molecule has 0 saturated heterocycles. The number of fused-ring (bicyclic) bond motifs is 1. The molecule has 2 aromatic heterocycles. The van der Waals surface area contributed by atoms with Gasteiger partial charge >= 0.3 is 11.9 Å². The predicted molar refractivity (Wildman–Crippen MR) is 100 cm³/mol. The van der Waals surface area contributed by atoms with Gasteiger partial charge in [0.05, 0.1) is 18.1 Å². The SMILES string of the molecule is CCOC(=O)C(C(=O)OCC)=C(SC)c1c(O)nc2c(C)cc(C)cn12. The van der Waals surface area contributed by atoms with Gasteiger partial charge in [-0.15, -0.1) is 11.8 Å². The average Bonchev–Trinajstić information content (AvgIpc) is 2.89. The lowest BCUT2D eigenvalue weighted by Crippen LogP contribution is -2.20. The minimum absolute atomic E-state index is 0.112. The third-order valence-electron chi connectivity index (χ3n) is 3.63. The predicted octanol–water partition coefficient (Wildman–Crippen LogP) is 2.86. The smallest absolute Gasteiger partial charge is 0.346 e. The lowest BCUT2D eigenvalue weighted by molar-refractivity contribution is -0.146. The highest BCUT2D eigenvalue weighted by Crippen LogP contribution is 2.36. The summed E-state index contributed by atoms with van der Waals surface area (Å²) in [6.07, 6.45) is 3.49. The average molecular weight is 378 g/mol. The van der Waals surface area contributed by atoms with E-state index in [2.05, 4.69) is 4.98 Å². The van der Waals surface area contributed by atoms with Gasteiger partial charge in [0, 0.05) is 6.20 Å². The summed E-state index contributed by atoms with van der Waals surface area (Å²) in [7, 11) is 0. The summed E-state index contributed by atoms with van der Waals surface area (Å²) in [5, 5.41) is 10.4. The van der Waals surface area contributed by atoms with Crippen LogP contribution in [0.5, 0.6) is 5.88 Å². The summed E-state index contributed by atoms with van der Waals surface area (Å²) < 4.78 is 11.7. The number of hydrogen-bond donors (Lipinski definition) is 1. The van der Waals surface area contributed by atoms with Gasteiger partial charge in [-0.2, -0.15) is 4.98 Å². The Morgan fingerprint density at radius 1 is 1.19 bits per heavy atom. The number of thioether (sulfide) groups is 1. The minimum atomic E-state index is -0.797. The summed E-state index contributed by atoms with van der Waals surface area (Å²) >= 11 is 1.14. The van der Waals surface area contributed by atoms with Gasteiger partial charge in [-0.1, -0.05) is 6.07 Å². The van der Waals surface area contributed by atoms with E-state index in [4.69, 9.17) is 9.47 Å². The first kappa shape index (κ1) is 19.8. The van der Waals surface area contributed by atoms with Crippen LogP contribution >= 0.6 is 11.8 Å². The maximum atomic E-state index is 12.4. The van der Waals surface area contributed by atoms with Gasteiger partial charge in [0.2, 0.25) is 5.88 Å². The normalized spacial score (nSPS) is 10.7. The molecule has 140 valence electrons. The summed E-state index contributed by atoms with van der Waals surface area (Å²) in [6, 6.07) is 1.94. The molecule has 2 rings (SSSR count). The van der Waals surface area contributed by atoms with Crippen molar-refractivity contribution in [3.63, 3.8) is 0 Å². The summed E-state index contributed by atoms with van der Waals surface area (Å²) in [5.74, 6) is -1.86. The molecule has 2 aromatic rings. The first-order valence-corrected chi connectivity index (χ1v) is 9.39. The fourth-order valence-electron chi connectivity index (χ4n) is 2.67. The van der Waals surface area contributed by atoms with Gasteiger partial charge in [-0.3, -0.25) is 4.40 Å². The lowest BCUT2D eigenvalue weighted by Gasteiger charge is -2.13. The van der Waals surface area contributed by atoms with Crippen LogP contribution in [0.15, 0.2) is 17.8 Å². The van der Waals surface area contributed by atoms with Crippen molar-refractivity contribution in [2.75, 3.05) is 19.5 Å². The van der Waals surface area contributed by atoms with Crippen molar-refractivity contribution in [1.29, 1.82) is 0 Å². The van der Waals surface area contributed by atoms with Crippen molar-refractivity contribution in [3.8, 4) is 5.88 Å². The van der Waals surface area contributed by atoms with E-state index >= 15 is 0 Å². The van der Waals surface area contributed by atoms with Crippen molar-refractivity contribution in [2.45, 2.75) is 27.7 Å². The van der Waals surface area contributed by atoms with Crippen LogP contribution < -0.4 is 0 Å². The Balaban J connectivity index is 2.83. The number of pyridine rings is 1. The minimum Gasteiger partial charge on any atom is -0.492 e. The quantitative estimate of drug-likeness (QED) is 0.358. The van der Waals surface area contributed by atoms with Crippen LogP contribution in [0.2, 0.25) is 0 Å². The van der Waals surface area contributed by atoms with Crippen molar-refractivity contribution in [1.82, 2.24) is 9.38 Å². The molecule has 0 aliphatic heterocycles. The topological polar surface area (TPSA) is 90.1 Å². The van der Waals surface area contributed by atoms with Gasteiger partial charge in [-0.05, 0) is 45.1 Å². The van der Waals surface area contributed by atoms with Gasteiger partial charge in [0.15, 0.2) is 5.57 Å². The molecule has 26 heavy (non-hydrogen) atoms. The van der Waals surface area contributed by atoms with E-state index < -0.39 is 11.9 Å². The number of aryl methyl sites for hydroxylation is 2. The number of ether oxygens (including phenoxy) is 2. The van der Waals surface area contributed by atoms with Crippen LogP contribution in [0, 0.1) is 13.8 Å². The molecular weight excluding hydrogens is 356 g/mol. The molecule has 0 amide bonds. The number of rotatable bonds is 6. The van der Waals surface area contributed by atoms with E-state index in [9.17, 15) is 14.7 Å². The highest BCUT2D eigenvalue weighted by molar-refractivity contribution is 8.07. The zero-order valence-electron chi connectivity index (χ0n) is 15.5. The second kappa shape index (κ2) is 8.27. The van der Waals surface area contributed by atoms with Crippen LogP contribution in [-0.2, 0) is 19.1 Å². The van der Waals surface area contributed by atoms with Crippen molar-refractivity contribution >= 4 is 34.3 Å². The van der Waals surface area contributed by atoms with Gasteiger partial charge in [0.25, 0.3) is 0 Å². The van der Waals surface area contributed by atoms with Crippen molar-refractivity contribution in [2.24, 2.45) is 0 Å². The number of imidazole rings is 1. The van der Waals surface area contributed by atoms with E-state index in [0.29, 0.717) is 5.65 Å². The Kier molecular flexibility index (Phi) is 6.31. The third kappa shape index (κ3) is 3.70. The molecule has 0 saturated carbocycles. The van der Waals surface area contributed by atoms with E-state index in [1.807, 2.05) is 19.9 Å². The summed E-state index contributed by atoms with van der Waals surface area (Å²) in [6.45, 7) is 7.31. The largest absolute Gasteiger partial charge is 0.492 e. The number of esters is 2. The molecular formula is C18H22N2O5S. The Morgan fingerprint density at radius 2 is 1.77 bits per heavy atom. The first-order chi connectivity index (χ1) is 12.3. The summed E-state index contributed by atoms with van der Waals surface area (Å²) in [5.41, 5.74) is 2.36. The molecule has 0 spiro atoms. The second-order valence-corrected chi connectivity index (χ2v) is 6.34. The fraction of sp³-hybridized carbons (Fsp3) is 0.389. The zero-order chi connectivity index (χ0) is 19.4. The molecule has 8 heteroatoms. The molecule has 1 N–H and O–H groups in total. The molecule has 0 bridgehead atoms. The standard InChI is InChI=1S/C18H22N2O5S/c1-6-24-17(22)12(18(23)25-7-2)14(26-5)13-16(21)19-15-11(4)8-10(3)9-20(13)15/h8-9,21H,6-7H2,1-5H3. The molecule has 0 fully saturated rings. The highest BCUT2D eigenvalue weighted by Gasteiger charge is 2.30. The Morgan fingerprint density at radius 3 is 2.27 bits per heavy atom. The Labute approximate surface area is 156 Å². The zero-order valence-corrected chi connectivity index (χ0v) is 16.3. The Hall–Kier alpha value is -2.48. The van der Waals surface area contributed by atoms with Gasteiger partial charge in [0.1, 0.15) is 11.3 Å². The molecule has 2 heterocycles. The number of hydrogen-bond acceptors (Lipinski definition) is 7. The van der Waals surface area contributed by atoms with E-state index in [-0.39, 0.29) is 35.3 Å². The second-order valence-electron chi connectivity index (χ2n) is 5.53. The molecule has 0 aromatic carbocycles. The molecule has 7 nitrogen and oxygen atoms in total. The van der Waals surface area contributed by atoms with Gasteiger partial charge < -0.3 is 14.6 Å². The Bertz CT molecular complexity index is 865. The van der Waals surface area contributed by atoms with Crippen LogP contribution in [0.3, 0.4) is 0 Å². The number of carbonyl (C=O) groups excluding carboxylic acids is 2. The van der Waals surface area contributed by atoms with Crippen molar-refractivity contribution in [3.05, 3.63) is 34.7 Å². The summed E-state index contributed by atoms with van der Waals surface area (Å²) in [4.78, 5) is 29.3. The third-order valence-corrected chi connectivity index (χ3v) is 4.43. The molecule has 0 aliphatic carbocycles. The lowest BCUT2D eigenvalue weighted by atomic mass is 10.2. The van der Waals surface area contributed by atoms with E-state index in [1.165, 1.54) is 0 Å². The van der Waals surface area contributed by atoms with Gasteiger partial charge in [-0.25, -0.2) is 9.59 Å². The number of aromatic nitrogens is 2. The number of nitrogens with zero attached hydrogens (tertiary/aromatic N) is 2. The molecule has 0 radical (unpaired) electrons. The van der Waals surface area contributed by atoms with Crippen LogP contribution in [0.4, 0.5) is 0 Å². The van der Waals surface area contributed by atoms with Crippen LogP contribution in [0.1, 0.15) is 30.7 Å². The van der Waals surface area contributed by atoms with E-state index in [0.717, 1.165) is 22.9 Å². The number of carbonyl (C=O) groups is 2. The molecule has 0 unspecified atom stereocenters. The van der Waals surface area contributed by atoms with Crippen LogP contribution in [-0.4, -0.2) is 45.9 Å².